The van der Waals surface area contributed by atoms with E-state index in [0.29, 0.717) is 6.04 Å². The predicted molar refractivity (Wildman–Crippen MR) is 79.1 cm³/mol. The molecule has 0 radical (unpaired) electrons. The molecular formula is C16H27NO. The average molecular weight is 249 g/mol. The Kier molecular flexibility index (Phi) is 7.51. The van der Waals surface area contributed by atoms with Gasteiger partial charge in [0.1, 0.15) is 0 Å². The molecule has 2 N–H and O–H groups in total. The van der Waals surface area contributed by atoms with Crippen LogP contribution in [0.25, 0.3) is 0 Å². The Morgan fingerprint density at radius 1 is 1.22 bits per heavy atom. The minimum atomic E-state index is 0.269. The third-order valence-corrected chi connectivity index (χ3v) is 3.20. The first-order valence-electron chi connectivity index (χ1n) is 7.22. The van der Waals surface area contributed by atoms with Gasteiger partial charge in [0.05, 0.1) is 0 Å². The predicted octanol–water partition coefficient (Wildman–Crippen LogP) is 3.99. The number of aliphatic hydroxyl groups excluding tert-OH is 1. The van der Waals surface area contributed by atoms with Crippen LogP contribution in [0.5, 0.6) is 0 Å². The minimum absolute atomic E-state index is 0.269. The maximum Gasteiger partial charge on any atom is 0.0434 e. The second kappa shape index (κ2) is 8.98. The van der Waals surface area contributed by atoms with Gasteiger partial charge in [-0.3, -0.25) is 0 Å². The lowest BCUT2D eigenvalue weighted by Crippen LogP contribution is -2.14. The van der Waals surface area contributed by atoms with E-state index in [2.05, 4.69) is 43.4 Å². The normalized spacial score (nSPS) is 12.4. The third kappa shape index (κ3) is 6.06. The van der Waals surface area contributed by atoms with Gasteiger partial charge < -0.3 is 10.4 Å². The number of benzene rings is 1. The maximum atomic E-state index is 8.85. The molecule has 0 fully saturated rings. The maximum absolute atomic E-state index is 8.85. The summed E-state index contributed by atoms with van der Waals surface area (Å²) in [4.78, 5) is 0. The molecule has 18 heavy (non-hydrogen) atoms. The Bertz CT molecular complexity index is 325. The molecule has 0 spiro atoms. The summed E-state index contributed by atoms with van der Waals surface area (Å²) in [7, 11) is 0. The molecule has 2 nitrogen and oxygen atoms in total. The quantitative estimate of drug-likeness (QED) is 0.649. The highest BCUT2D eigenvalue weighted by Crippen LogP contribution is 2.15. The summed E-state index contributed by atoms with van der Waals surface area (Å²) in [6.07, 6.45) is 6.93. The van der Waals surface area contributed by atoms with Crippen molar-refractivity contribution in [2.75, 3.05) is 11.9 Å². The van der Waals surface area contributed by atoms with Crippen LogP contribution in [0, 0.1) is 0 Å². The number of rotatable bonds is 9. The smallest absolute Gasteiger partial charge is 0.0434 e. The van der Waals surface area contributed by atoms with E-state index in [-0.39, 0.29) is 6.61 Å². The summed E-state index contributed by atoms with van der Waals surface area (Å²) in [6.45, 7) is 4.75. The molecule has 1 aromatic rings. The molecule has 102 valence electrons. The van der Waals surface area contributed by atoms with E-state index in [4.69, 9.17) is 5.11 Å². The monoisotopic (exact) mass is 249 g/mol. The molecule has 0 aromatic heterocycles. The van der Waals surface area contributed by atoms with Gasteiger partial charge in [-0.2, -0.15) is 0 Å². The van der Waals surface area contributed by atoms with E-state index < -0.39 is 0 Å². The molecule has 0 aliphatic heterocycles. The van der Waals surface area contributed by atoms with E-state index >= 15 is 0 Å². The summed E-state index contributed by atoms with van der Waals surface area (Å²) < 4.78 is 0. The molecule has 0 aliphatic rings. The van der Waals surface area contributed by atoms with Crippen molar-refractivity contribution in [2.24, 2.45) is 0 Å². The first kappa shape index (κ1) is 15.0. The second-order valence-electron chi connectivity index (χ2n) is 5.07. The standard InChI is InChI=1S/C16H27NO/c1-3-4-5-8-14(2)17-16-11-6-9-15(13-16)10-7-12-18/h6,9,11,13-14,17-18H,3-5,7-8,10,12H2,1-2H3. The molecule has 1 unspecified atom stereocenters. The molecule has 2 heteroatoms. The highest BCUT2D eigenvalue weighted by molar-refractivity contribution is 5.46. The van der Waals surface area contributed by atoms with Crippen LogP contribution < -0.4 is 5.32 Å². The Balaban J connectivity index is 2.40. The van der Waals surface area contributed by atoms with Crippen molar-refractivity contribution in [1.82, 2.24) is 0 Å². The molecule has 0 heterocycles. The Morgan fingerprint density at radius 3 is 2.78 bits per heavy atom. The fraction of sp³-hybridized carbons (Fsp3) is 0.625. The van der Waals surface area contributed by atoms with Gasteiger partial charge in [0.2, 0.25) is 0 Å². The van der Waals surface area contributed by atoms with Crippen molar-refractivity contribution in [3.63, 3.8) is 0 Å². The van der Waals surface area contributed by atoms with Gasteiger partial charge in [-0.1, -0.05) is 38.3 Å². The SMILES string of the molecule is CCCCCC(C)Nc1cccc(CCCO)c1. The van der Waals surface area contributed by atoms with Gasteiger partial charge in [0.25, 0.3) is 0 Å². The molecule has 1 rings (SSSR count). The highest BCUT2D eigenvalue weighted by Gasteiger charge is 2.02. The van der Waals surface area contributed by atoms with Gasteiger partial charge in [-0.25, -0.2) is 0 Å². The largest absolute Gasteiger partial charge is 0.396 e. The van der Waals surface area contributed by atoms with Crippen LogP contribution in [0.4, 0.5) is 5.69 Å². The summed E-state index contributed by atoms with van der Waals surface area (Å²) in [5.41, 5.74) is 2.50. The van der Waals surface area contributed by atoms with Crippen LogP contribution in [0.2, 0.25) is 0 Å². The van der Waals surface area contributed by atoms with Crippen LogP contribution in [0.3, 0.4) is 0 Å². The summed E-state index contributed by atoms with van der Waals surface area (Å²) in [6, 6.07) is 9.07. The van der Waals surface area contributed by atoms with E-state index in [9.17, 15) is 0 Å². The number of unbranched alkanes of at least 4 members (excludes halogenated alkanes) is 2. The number of nitrogens with one attached hydrogen (secondary N) is 1. The molecule has 1 aromatic carbocycles. The number of hydrogen-bond acceptors (Lipinski definition) is 2. The summed E-state index contributed by atoms with van der Waals surface area (Å²) in [5, 5.41) is 12.4. The van der Waals surface area contributed by atoms with Gasteiger partial charge in [0, 0.05) is 18.3 Å². The van der Waals surface area contributed by atoms with Crippen LogP contribution in [0.1, 0.15) is 51.5 Å². The van der Waals surface area contributed by atoms with Gasteiger partial charge in [-0.15, -0.1) is 0 Å². The van der Waals surface area contributed by atoms with E-state index in [1.807, 2.05) is 0 Å². The first-order valence-corrected chi connectivity index (χ1v) is 7.22. The minimum Gasteiger partial charge on any atom is -0.396 e. The Hall–Kier alpha value is -1.02. The molecule has 0 saturated heterocycles. The zero-order valence-corrected chi connectivity index (χ0v) is 11.8. The zero-order valence-electron chi connectivity index (χ0n) is 11.8. The van der Waals surface area contributed by atoms with Gasteiger partial charge in [0.15, 0.2) is 0 Å². The van der Waals surface area contributed by atoms with Crippen molar-refractivity contribution in [1.29, 1.82) is 0 Å². The summed E-state index contributed by atoms with van der Waals surface area (Å²) in [5.74, 6) is 0. The molecule has 0 saturated carbocycles. The zero-order chi connectivity index (χ0) is 13.2. The fourth-order valence-electron chi connectivity index (χ4n) is 2.16. The van der Waals surface area contributed by atoms with Crippen molar-refractivity contribution in [3.05, 3.63) is 29.8 Å². The first-order chi connectivity index (χ1) is 8.76. The number of hydrogen-bond donors (Lipinski definition) is 2. The molecule has 0 aliphatic carbocycles. The Labute approximate surface area is 111 Å². The Morgan fingerprint density at radius 2 is 2.06 bits per heavy atom. The van der Waals surface area contributed by atoms with E-state index in [0.717, 1.165) is 12.8 Å². The molecule has 1 atom stereocenters. The van der Waals surface area contributed by atoms with Crippen molar-refractivity contribution < 1.29 is 5.11 Å². The average Bonchev–Trinajstić information content (AvgIpc) is 2.37. The van der Waals surface area contributed by atoms with Gasteiger partial charge >= 0.3 is 0 Å². The van der Waals surface area contributed by atoms with Crippen LogP contribution in [-0.4, -0.2) is 17.8 Å². The topological polar surface area (TPSA) is 32.3 Å². The number of aliphatic hydroxyl groups is 1. The third-order valence-electron chi connectivity index (χ3n) is 3.20. The van der Waals surface area contributed by atoms with Crippen LogP contribution in [0.15, 0.2) is 24.3 Å². The lowest BCUT2D eigenvalue weighted by Gasteiger charge is -2.15. The second-order valence-corrected chi connectivity index (χ2v) is 5.07. The van der Waals surface area contributed by atoms with Crippen molar-refractivity contribution in [2.45, 2.75) is 58.4 Å². The number of anilines is 1. The lowest BCUT2D eigenvalue weighted by molar-refractivity contribution is 0.288. The van der Waals surface area contributed by atoms with Crippen molar-refractivity contribution >= 4 is 5.69 Å². The molecule has 0 amide bonds. The molecular weight excluding hydrogens is 222 g/mol. The van der Waals surface area contributed by atoms with Gasteiger partial charge in [-0.05, 0) is 43.9 Å². The molecule has 0 bridgehead atoms. The van der Waals surface area contributed by atoms with Crippen LogP contribution in [-0.2, 0) is 6.42 Å². The highest BCUT2D eigenvalue weighted by atomic mass is 16.2. The fourth-order valence-corrected chi connectivity index (χ4v) is 2.16. The van der Waals surface area contributed by atoms with Crippen molar-refractivity contribution in [3.8, 4) is 0 Å². The lowest BCUT2D eigenvalue weighted by atomic mass is 10.1. The van der Waals surface area contributed by atoms with E-state index in [1.165, 1.54) is 36.9 Å². The summed E-state index contributed by atoms with van der Waals surface area (Å²) >= 11 is 0. The van der Waals surface area contributed by atoms with Crippen LogP contribution >= 0.6 is 0 Å². The number of aryl methyl sites for hydroxylation is 1. The van der Waals surface area contributed by atoms with E-state index in [1.54, 1.807) is 0 Å².